The second kappa shape index (κ2) is 13.2. The molecule has 1 aromatic rings. The lowest BCUT2D eigenvalue weighted by Crippen LogP contribution is -2.38. The third-order valence-electron chi connectivity index (χ3n) is 2.59. The van der Waals surface area contributed by atoms with Gasteiger partial charge in [-0.1, -0.05) is 25.1 Å². The number of rotatable bonds is 8. The number of halogens is 2. The van der Waals surface area contributed by atoms with Crippen LogP contribution in [0.15, 0.2) is 29.3 Å². The number of hydrogen-bond donors (Lipinski definition) is 2. The quantitative estimate of drug-likeness (QED) is 0.289. The van der Waals surface area contributed by atoms with Gasteiger partial charge < -0.3 is 10.6 Å². The maximum atomic E-state index is 13.4. The summed E-state index contributed by atoms with van der Waals surface area (Å²) in [5.41, 5.74) is 0.768. The van der Waals surface area contributed by atoms with Gasteiger partial charge in [0.05, 0.1) is 0 Å². The van der Waals surface area contributed by atoms with Crippen molar-refractivity contribution in [3.05, 3.63) is 35.6 Å². The molecule has 0 aromatic heterocycles. The third-order valence-corrected chi connectivity index (χ3v) is 3.60. The maximum absolute atomic E-state index is 13.4. The molecule has 0 saturated heterocycles. The lowest BCUT2D eigenvalue weighted by Gasteiger charge is -2.11. The Morgan fingerprint density at radius 3 is 2.67 bits per heavy atom. The number of thioether (sulfide) groups is 1. The zero-order valence-electron chi connectivity index (χ0n) is 12.7. The molecular weight excluding hydrogens is 400 g/mol. The molecule has 0 radical (unpaired) electrons. The Bertz CT molecular complexity index is 416. The van der Waals surface area contributed by atoms with Crippen LogP contribution < -0.4 is 10.6 Å². The summed E-state index contributed by atoms with van der Waals surface area (Å²) in [7, 11) is 0. The van der Waals surface area contributed by atoms with Crippen molar-refractivity contribution in [2.45, 2.75) is 26.0 Å². The molecule has 0 spiro atoms. The fraction of sp³-hybridized carbons (Fsp3) is 0.533. The molecule has 1 aromatic carbocycles. The van der Waals surface area contributed by atoms with Crippen molar-refractivity contribution in [3.8, 4) is 0 Å². The molecule has 3 nitrogen and oxygen atoms in total. The van der Waals surface area contributed by atoms with E-state index >= 15 is 0 Å². The minimum absolute atomic E-state index is 0. The fourth-order valence-electron chi connectivity index (χ4n) is 1.60. The summed E-state index contributed by atoms with van der Waals surface area (Å²) < 4.78 is 13.4. The predicted octanol–water partition coefficient (Wildman–Crippen LogP) is 3.64. The van der Waals surface area contributed by atoms with Gasteiger partial charge in [0.25, 0.3) is 0 Å². The topological polar surface area (TPSA) is 36.4 Å². The van der Waals surface area contributed by atoms with Crippen LogP contribution >= 0.6 is 35.7 Å². The van der Waals surface area contributed by atoms with Gasteiger partial charge in [-0.3, -0.25) is 4.99 Å². The maximum Gasteiger partial charge on any atom is 0.191 e. The summed E-state index contributed by atoms with van der Waals surface area (Å²) in [4.78, 5) is 4.43. The van der Waals surface area contributed by atoms with E-state index in [2.05, 4.69) is 29.5 Å². The van der Waals surface area contributed by atoms with Gasteiger partial charge in [0.2, 0.25) is 0 Å². The molecule has 0 aliphatic rings. The molecular formula is C15H25FIN3S. The largest absolute Gasteiger partial charge is 0.357 e. The molecule has 0 fully saturated rings. The van der Waals surface area contributed by atoms with Gasteiger partial charge >= 0.3 is 0 Å². The van der Waals surface area contributed by atoms with Crippen LogP contribution in [-0.4, -0.2) is 31.3 Å². The van der Waals surface area contributed by atoms with E-state index < -0.39 is 0 Å². The number of aliphatic imine (C=N–C) groups is 1. The van der Waals surface area contributed by atoms with Crippen LogP contribution in [0.3, 0.4) is 0 Å². The SMILES string of the molecule is CCCN=C(NCC)NCCSCc1ccccc1F.I. The van der Waals surface area contributed by atoms with Gasteiger partial charge in [-0.05, 0) is 25.0 Å². The molecule has 0 aliphatic carbocycles. The summed E-state index contributed by atoms with van der Waals surface area (Å²) in [6, 6.07) is 6.94. The lowest BCUT2D eigenvalue weighted by atomic mass is 10.2. The minimum atomic E-state index is -0.120. The number of benzene rings is 1. The lowest BCUT2D eigenvalue weighted by molar-refractivity contribution is 0.617. The van der Waals surface area contributed by atoms with Crippen molar-refractivity contribution in [3.63, 3.8) is 0 Å². The second-order valence-electron chi connectivity index (χ2n) is 4.33. The van der Waals surface area contributed by atoms with Gasteiger partial charge in [-0.25, -0.2) is 4.39 Å². The van der Waals surface area contributed by atoms with Crippen molar-refractivity contribution in [1.82, 2.24) is 10.6 Å². The van der Waals surface area contributed by atoms with Crippen LogP contribution in [0.25, 0.3) is 0 Å². The van der Waals surface area contributed by atoms with E-state index in [4.69, 9.17) is 0 Å². The van der Waals surface area contributed by atoms with Crippen molar-refractivity contribution < 1.29 is 4.39 Å². The summed E-state index contributed by atoms with van der Waals surface area (Å²) >= 11 is 1.72. The van der Waals surface area contributed by atoms with Crippen molar-refractivity contribution in [2.75, 3.05) is 25.4 Å². The first kappa shape index (κ1) is 20.5. The van der Waals surface area contributed by atoms with Crippen LogP contribution in [0.4, 0.5) is 4.39 Å². The average Bonchev–Trinajstić information content (AvgIpc) is 2.46. The van der Waals surface area contributed by atoms with Crippen LogP contribution in [0, 0.1) is 5.82 Å². The summed E-state index contributed by atoms with van der Waals surface area (Å²) in [6.07, 6.45) is 1.04. The molecule has 6 heteroatoms. The van der Waals surface area contributed by atoms with E-state index in [0.717, 1.165) is 43.3 Å². The minimum Gasteiger partial charge on any atom is -0.357 e. The average molecular weight is 425 g/mol. The van der Waals surface area contributed by atoms with Crippen molar-refractivity contribution in [1.29, 1.82) is 0 Å². The zero-order valence-corrected chi connectivity index (χ0v) is 15.8. The molecule has 0 saturated carbocycles. The highest BCUT2D eigenvalue weighted by Gasteiger charge is 2.00. The molecule has 0 bridgehead atoms. The summed E-state index contributed by atoms with van der Waals surface area (Å²) in [6.45, 7) is 6.68. The zero-order chi connectivity index (χ0) is 14.6. The predicted molar refractivity (Wildman–Crippen MR) is 102 cm³/mol. The molecule has 21 heavy (non-hydrogen) atoms. The summed E-state index contributed by atoms with van der Waals surface area (Å²) in [5, 5.41) is 6.49. The van der Waals surface area contributed by atoms with E-state index in [-0.39, 0.29) is 29.8 Å². The molecule has 0 heterocycles. The first-order valence-corrected chi connectivity index (χ1v) is 8.26. The first-order valence-electron chi connectivity index (χ1n) is 7.11. The normalized spacial score (nSPS) is 10.9. The van der Waals surface area contributed by atoms with Crippen molar-refractivity contribution >= 4 is 41.7 Å². The number of hydrogen-bond acceptors (Lipinski definition) is 2. The van der Waals surface area contributed by atoms with Crippen LogP contribution in [0.1, 0.15) is 25.8 Å². The fourth-order valence-corrected chi connectivity index (χ4v) is 2.45. The Kier molecular flexibility index (Phi) is 12.9. The number of nitrogens with zero attached hydrogens (tertiary/aromatic N) is 1. The highest BCUT2D eigenvalue weighted by Crippen LogP contribution is 2.14. The number of guanidine groups is 1. The van der Waals surface area contributed by atoms with Gasteiger partial charge in [-0.2, -0.15) is 11.8 Å². The van der Waals surface area contributed by atoms with E-state index in [1.807, 2.05) is 12.1 Å². The van der Waals surface area contributed by atoms with Crippen LogP contribution in [0.5, 0.6) is 0 Å². The Morgan fingerprint density at radius 1 is 1.24 bits per heavy atom. The first-order chi connectivity index (χ1) is 9.77. The summed E-state index contributed by atoms with van der Waals surface area (Å²) in [5.74, 6) is 2.37. The molecule has 0 aliphatic heterocycles. The third kappa shape index (κ3) is 9.18. The Balaban J connectivity index is 0.00000400. The Hall–Kier alpha value is -0.500. The van der Waals surface area contributed by atoms with Crippen LogP contribution in [-0.2, 0) is 5.75 Å². The van der Waals surface area contributed by atoms with Gasteiger partial charge in [-0.15, -0.1) is 24.0 Å². The molecule has 0 atom stereocenters. The van der Waals surface area contributed by atoms with Crippen molar-refractivity contribution in [2.24, 2.45) is 4.99 Å². The molecule has 120 valence electrons. The molecule has 0 amide bonds. The second-order valence-corrected chi connectivity index (χ2v) is 5.44. The highest BCUT2D eigenvalue weighted by atomic mass is 127. The van der Waals surface area contributed by atoms with E-state index in [9.17, 15) is 4.39 Å². The molecule has 2 N–H and O–H groups in total. The Morgan fingerprint density at radius 2 is 2.00 bits per heavy atom. The van der Waals surface area contributed by atoms with E-state index in [1.54, 1.807) is 17.8 Å². The van der Waals surface area contributed by atoms with E-state index in [1.165, 1.54) is 6.07 Å². The monoisotopic (exact) mass is 425 g/mol. The van der Waals surface area contributed by atoms with Gasteiger partial charge in [0.15, 0.2) is 5.96 Å². The van der Waals surface area contributed by atoms with E-state index in [0.29, 0.717) is 5.75 Å². The molecule has 0 unspecified atom stereocenters. The van der Waals surface area contributed by atoms with Crippen LogP contribution in [0.2, 0.25) is 0 Å². The van der Waals surface area contributed by atoms with Gasteiger partial charge in [0, 0.05) is 31.1 Å². The molecule has 1 rings (SSSR count). The number of nitrogens with one attached hydrogen (secondary N) is 2. The Labute approximate surface area is 148 Å². The van der Waals surface area contributed by atoms with Gasteiger partial charge in [0.1, 0.15) is 5.82 Å². The standard InChI is InChI=1S/C15H24FN3S.HI/c1-3-9-18-15(17-4-2)19-10-11-20-12-13-7-5-6-8-14(13)16;/h5-8H,3-4,9-12H2,1-2H3,(H2,17,18,19);1H. The highest BCUT2D eigenvalue weighted by molar-refractivity contribution is 14.0. The smallest absolute Gasteiger partial charge is 0.191 e.